The van der Waals surface area contributed by atoms with E-state index in [0.717, 1.165) is 11.4 Å². The van der Waals surface area contributed by atoms with Crippen LogP contribution in [0.4, 0.5) is 34.1 Å². The molecule has 0 amide bonds. The summed E-state index contributed by atoms with van der Waals surface area (Å²) in [5.74, 6) is 0. The summed E-state index contributed by atoms with van der Waals surface area (Å²) in [6, 6.07) is 78.2. The summed E-state index contributed by atoms with van der Waals surface area (Å²) in [6.45, 7) is 18.4. The highest BCUT2D eigenvalue weighted by atomic mass is 15.2. The number of rotatable bonds is 6. The fourth-order valence-corrected chi connectivity index (χ4v) is 13.2. The summed E-state index contributed by atoms with van der Waals surface area (Å²) < 4.78 is 5.15. The highest BCUT2D eigenvalue weighted by Crippen LogP contribution is 2.54. The average Bonchev–Trinajstić information content (AvgIpc) is 4.33. The van der Waals surface area contributed by atoms with Crippen LogP contribution >= 0.6 is 0 Å². The van der Waals surface area contributed by atoms with Gasteiger partial charge in [-0.15, -0.1) is 0 Å². The van der Waals surface area contributed by atoms with Crippen LogP contribution in [0.3, 0.4) is 0 Å². The topological polar surface area (TPSA) is 15.3 Å². The molecule has 0 fully saturated rings. The molecule has 11 aromatic carbocycles. The van der Waals surface area contributed by atoms with Crippen molar-refractivity contribution in [1.82, 2.24) is 8.80 Å². The Hall–Kier alpha value is -8.86. The molecule has 4 aromatic heterocycles. The van der Waals surface area contributed by atoms with Crippen molar-refractivity contribution < 1.29 is 0 Å². The monoisotopic (exact) mass is 978 g/mol. The summed E-state index contributed by atoms with van der Waals surface area (Å²) in [7, 11) is 0. The number of hydrogen-bond acceptors (Lipinski definition) is 2. The maximum Gasteiger partial charge on any atom is 0.0641 e. The molecule has 0 saturated carbocycles. The number of benzene rings is 11. The molecule has 0 radical (unpaired) electrons. The van der Waals surface area contributed by atoms with Crippen LogP contribution in [0.1, 0.15) is 63.8 Å². The third-order valence-electron chi connectivity index (χ3n) is 16.7. The second-order valence-electron chi connectivity index (χ2n) is 23.5. The van der Waals surface area contributed by atoms with Crippen molar-refractivity contribution in [3.63, 3.8) is 0 Å². The zero-order chi connectivity index (χ0) is 51.5. The number of nitrogens with zero attached hydrogens (tertiary/aromatic N) is 4. The van der Waals surface area contributed by atoms with Gasteiger partial charge in [-0.25, -0.2) is 0 Å². The Kier molecular flexibility index (Phi) is 9.29. The third-order valence-corrected chi connectivity index (χ3v) is 16.7. The van der Waals surface area contributed by atoms with E-state index in [9.17, 15) is 0 Å². The highest BCUT2D eigenvalue weighted by Gasteiger charge is 2.32. The minimum atomic E-state index is -0.129. The lowest BCUT2D eigenvalue weighted by molar-refractivity contribution is 0.591. The molecule has 0 unspecified atom stereocenters. The van der Waals surface area contributed by atoms with Gasteiger partial charge in [0.2, 0.25) is 0 Å². The normalized spacial score (nSPS) is 12.7. The lowest BCUT2D eigenvalue weighted by atomic mass is 9.83. The second kappa shape index (κ2) is 15.8. The SMILES string of the molecule is Cc1ccc(N(c2c(C(C)(C)C)ccc3ccccc23)c2ccc3c4cc5c(cc4n4c6ccccc6c2c34)c2ccc(N(c3ccc(C)cc3)c3c(C(C)(C)C)ccc4ccccc34)c3c4ccccc4n5c23)cc1. The number of hydrogen-bond donors (Lipinski definition) is 0. The Labute approximate surface area is 442 Å². The first-order chi connectivity index (χ1) is 36.8. The minimum absolute atomic E-state index is 0.129. The van der Waals surface area contributed by atoms with Gasteiger partial charge in [0.1, 0.15) is 0 Å². The standard InChI is InChI=1S/C72H58N4/c1-43-25-31-47(32-26-43)73(67-49-19-11-9-17-45(49)29-37-57(67)71(3,4)5)61-39-35-51-55-41-64-56(42-63(55)75-59-23-15-13-21-53(59)65(61)69(51)75)52-36-40-62(66-54-22-14-16-24-60(54)76(64)70(52)66)74(48-33-27-44(2)28-34-48)68-50-20-12-10-18-46(50)30-38-58(68)72(6,7)8/h9-42H,1-8H3. The molecule has 0 saturated heterocycles. The number of para-hydroxylation sites is 2. The van der Waals surface area contributed by atoms with Gasteiger partial charge < -0.3 is 18.6 Å². The molecule has 4 heterocycles. The molecule has 0 atom stereocenters. The molecule has 0 N–H and O–H groups in total. The van der Waals surface area contributed by atoms with Crippen LogP contribution in [0.5, 0.6) is 0 Å². The van der Waals surface area contributed by atoms with Crippen molar-refractivity contribution in [3.05, 3.63) is 229 Å². The van der Waals surface area contributed by atoms with Crippen LogP contribution in [0.25, 0.3) is 97.7 Å². The molecule has 366 valence electrons. The van der Waals surface area contributed by atoms with E-state index in [1.165, 1.54) is 143 Å². The molecule has 15 rings (SSSR count). The Balaban J connectivity index is 1.04. The molecule has 0 spiro atoms. The average molecular weight is 979 g/mol. The van der Waals surface area contributed by atoms with Crippen molar-refractivity contribution in [2.45, 2.75) is 66.2 Å². The lowest BCUT2D eigenvalue weighted by Gasteiger charge is -2.34. The van der Waals surface area contributed by atoms with Crippen LogP contribution in [0, 0.1) is 13.8 Å². The molecule has 0 bridgehead atoms. The lowest BCUT2D eigenvalue weighted by Crippen LogP contribution is -2.19. The number of fused-ring (bicyclic) bond motifs is 14. The van der Waals surface area contributed by atoms with Gasteiger partial charge in [-0.1, -0.05) is 198 Å². The fourth-order valence-electron chi connectivity index (χ4n) is 13.2. The molecule has 15 aromatic rings. The van der Waals surface area contributed by atoms with Gasteiger partial charge in [-0.2, -0.15) is 0 Å². The van der Waals surface area contributed by atoms with Crippen LogP contribution in [0.15, 0.2) is 206 Å². The van der Waals surface area contributed by atoms with Crippen molar-refractivity contribution >= 4 is 132 Å². The molecule has 4 nitrogen and oxygen atoms in total. The van der Waals surface area contributed by atoms with E-state index in [2.05, 4.69) is 280 Å². The largest absolute Gasteiger partial charge is 0.309 e. The first-order valence-electron chi connectivity index (χ1n) is 26.9. The van der Waals surface area contributed by atoms with Crippen molar-refractivity contribution in [3.8, 4) is 0 Å². The van der Waals surface area contributed by atoms with Gasteiger partial charge in [-0.3, -0.25) is 0 Å². The van der Waals surface area contributed by atoms with Crippen LogP contribution in [-0.4, -0.2) is 8.80 Å². The van der Waals surface area contributed by atoms with Crippen LogP contribution in [0.2, 0.25) is 0 Å². The van der Waals surface area contributed by atoms with Crippen molar-refractivity contribution in [1.29, 1.82) is 0 Å². The maximum absolute atomic E-state index is 2.57. The smallest absolute Gasteiger partial charge is 0.0641 e. The number of aromatic nitrogens is 2. The molecular weight excluding hydrogens is 921 g/mol. The maximum atomic E-state index is 2.57. The van der Waals surface area contributed by atoms with Gasteiger partial charge in [-0.05, 0) is 107 Å². The summed E-state index contributed by atoms with van der Waals surface area (Å²) in [5.41, 5.74) is 19.3. The molecular formula is C72H58N4. The molecule has 76 heavy (non-hydrogen) atoms. The first kappa shape index (κ1) is 44.6. The molecule has 0 aliphatic carbocycles. The number of anilines is 6. The summed E-state index contributed by atoms with van der Waals surface area (Å²) in [5, 5.41) is 15.0. The third kappa shape index (κ3) is 6.25. The van der Waals surface area contributed by atoms with E-state index in [0.29, 0.717) is 0 Å². The van der Waals surface area contributed by atoms with E-state index < -0.39 is 0 Å². The summed E-state index contributed by atoms with van der Waals surface area (Å²) >= 11 is 0. The van der Waals surface area contributed by atoms with Crippen LogP contribution < -0.4 is 9.80 Å². The quantitative estimate of drug-likeness (QED) is 0.165. The van der Waals surface area contributed by atoms with Gasteiger partial charge in [0.05, 0.1) is 55.8 Å². The van der Waals surface area contributed by atoms with Gasteiger partial charge in [0, 0.05) is 65.2 Å². The molecule has 0 aliphatic rings. The minimum Gasteiger partial charge on any atom is -0.309 e. The summed E-state index contributed by atoms with van der Waals surface area (Å²) in [4.78, 5) is 5.14. The molecule has 0 aliphatic heterocycles. The van der Waals surface area contributed by atoms with Crippen molar-refractivity contribution in [2.24, 2.45) is 0 Å². The zero-order valence-electron chi connectivity index (χ0n) is 44.4. The van der Waals surface area contributed by atoms with Gasteiger partial charge in [0.15, 0.2) is 0 Å². The van der Waals surface area contributed by atoms with E-state index in [1.807, 2.05) is 0 Å². The molecule has 4 heteroatoms. The van der Waals surface area contributed by atoms with Gasteiger partial charge >= 0.3 is 0 Å². The zero-order valence-corrected chi connectivity index (χ0v) is 44.4. The first-order valence-corrected chi connectivity index (χ1v) is 26.9. The predicted molar refractivity (Wildman–Crippen MR) is 327 cm³/mol. The van der Waals surface area contributed by atoms with Gasteiger partial charge in [0.25, 0.3) is 0 Å². The Bertz CT molecular complexity index is 4530. The Morgan fingerprint density at radius 1 is 0.316 bits per heavy atom. The number of aryl methyl sites for hydroxylation is 2. The second-order valence-corrected chi connectivity index (χ2v) is 23.5. The predicted octanol–water partition coefficient (Wildman–Crippen LogP) is 20.4. The highest BCUT2D eigenvalue weighted by molar-refractivity contribution is 6.32. The van der Waals surface area contributed by atoms with E-state index in [1.54, 1.807) is 0 Å². The Morgan fingerprint density at radius 3 is 1.08 bits per heavy atom. The van der Waals surface area contributed by atoms with Crippen LogP contribution in [-0.2, 0) is 10.8 Å². The van der Waals surface area contributed by atoms with Crippen molar-refractivity contribution in [2.75, 3.05) is 9.80 Å². The van der Waals surface area contributed by atoms with E-state index in [4.69, 9.17) is 0 Å². The summed E-state index contributed by atoms with van der Waals surface area (Å²) in [6.07, 6.45) is 0. The van der Waals surface area contributed by atoms with E-state index >= 15 is 0 Å². The Morgan fingerprint density at radius 2 is 0.684 bits per heavy atom. The fraction of sp³-hybridized carbons (Fsp3) is 0.139. The van der Waals surface area contributed by atoms with E-state index in [-0.39, 0.29) is 10.8 Å².